The summed E-state index contributed by atoms with van der Waals surface area (Å²) in [5.41, 5.74) is 4.25. The number of hydrogen-bond acceptors (Lipinski definition) is 2. The normalized spacial score (nSPS) is 19.0. The average molecular weight is 296 g/mol. The highest BCUT2D eigenvalue weighted by Gasteiger charge is 2.25. The number of hydrogen-bond donors (Lipinski definition) is 1. The molecule has 1 N–H and O–H groups in total. The fraction of sp³-hybridized carbons (Fsp3) is 0.444. The van der Waals surface area contributed by atoms with Gasteiger partial charge in [0.15, 0.2) is 0 Å². The quantitative estimate of drug-likeness (QED) is 0.815. The maximum Gasteiger partial charge on any atom is 0.130 e. The minimum atomic E-state index is 0.463. The Morgan fingerprint density at radius 1 is 1.00 bits per heavy atom. The van der Waals surface area contributed by atoms with E-state index in [1.54, 1.807) is 0 Å². The van der Waals surface area contributed by atoms with Crippen LogP contribution in [0.25, 0.3) is 0 Å². The predicted octanol–water partition coefficient (Wildman–Crippen LogP) is 4.68. The third-order valence-corrected chi connectivity index (χ3v) is 5.22. The number of aromatic nitrogens is 2. The van der Waals surface area contributed by atoms with E-state index in [4.69, 9.17) is 12.2 Å². The van der Waals surface area contributed by atoms with Gasteiger partial charge >= 0.3 is 0 Å². The van der Waals surface area contributed by atoms with Crippen molar-refractivity contribution in [3.8, 4) is 0 Å². The Bertz CT molecular complexity index is 688. The van der Waals surface area contributed by atoms with Crippen molar-refractivity contribution >= 4 is 12.2 Å². The van der Waals surface area contributed by atoms with E-state index in [9.17, 15) is 0 Å². The summed E-state index contributed by atoms with van der Waals surface area (Å²) in [4.78, 5) is 8.26. The Hall–Kier alpha value is -1.48. The summed E-state index contributed by atoms with van der Waals surface area (Å²) in [5.74, 6) is 2.23. The fourth-order valence-electron chi connectivity index (χ4n) is 3.90. The van der Waals surface area contributed by atoms with Crippen molar-refractivity contribution in [2.75, 3.05) is 0 Å². The van der Waals surface area contributed by atoms with Crippen LogP contribution in [-0.2, 0) is 12.8 Å². The Kier molecular flexibility index (Phi) is 3.38. The molecular formula is C18H20N2S. The second kappa shape index (κ2) is 5.38. The van der Waals surface area contributed by atoms with Crippen LogP contribution in [0.5, 0.6) is 0 Å². The van der Waals surface area contributed by atoms with Crippen molar-refractivity contribution in [1.82, 2.24) is 9.97 Å². The first-order valence-corrected chi connectivity index (χ1v) is 8.38. The first kappa shape index (κ1) is 13.2. The lowest BCUT2D eigenvalue weighted by Crippen LogP contribution is -2.08. The van der Waals surface area contributed by atoms with Gasteiger partial charge < -0.3 is 4.98 Å². The minimum Gasteiger partial charge on any atom is -0.347 e. The summed E-state index contributed by atoms with van der Waals surface area (Å²) in [7, 11) is 0. The zero-order chi connectivity index (χ0) is 14.2. The summed E-state index contributed by atoms with van der Waals surface area (Å²) in [6, 6.07) is 10.8. The molecule has 2 aliphatic carbocycles. The molecule has 0 radical (unpaired) electrons. The van der Waals surface area contributed by atoms with E-state index in [1.807, 2.05) is 0 Å². The van der Waals surface area contributed by atoms with Gasteiger partial charge in [0.1, 0.15) is 10.5 Å². The van der Waals surface area contributed by atoms with Gasteiger partial charge in [-0.05, 0) is 48.8 Å². The molecule has 2 nitrogen and oxygen atoms in total. The Balaban J connectivity index is 1.65. The van der Waals surface area contributed by atoms with E-state index >= 15 is 0 Å². The standard InChI is InChI=1S/C18H20N2S/c21-17-11-16(12-5-1-2-6-12)19-18(20-17)15-9-13-7-3-4-8-14(13)10-15/h3-4,7-8,11-12,15H,1-2,5-6,9-10H2,(H,19,20,21). The maximum absolute atomic E-state index is 5.41. The van der Waals surface area contributed by atoms with Gasteiger partial charge in [0.25, 0.3) is 0 Å². The van der Waals surface area contributed by atoms with Gasteiger partial charge in [0, 0.05) is 11.6 Å². The van der Waals surface area contributed by atoms with E-state index in [1.165, 1.54) is 42.5 Å². The zero-order valence-corrected chi connectivity index (χ0v) is 13.0. The second-order valence-corrected chi connectivity index (χ2v) is 6.83. The number of benzene rings is 1. The Morgan fingerprint density at radius 3 is 2.33 bits per heavy atom. The Morgan fingerprint density at radius 2 is 1.67 bits per heavy atom. The monoisotopic (exact) mass is 296 g/mol. The lowest BCUT2D eigenvalue weighted by molar-refractivity contribution is 0.639. The molecule has 0 saturated heterocycles. The third-order valence-electron chi connectivity index (χ3n) is 5.01. The van der Waals surface area contributed by atoms with Gasteiger partial charge in [-0.3, -0.25) is 0 Å². The minimum absolute atomic E-state index is 0.463. The zero-order valence-electron chi connectivity index (χ0n) is 12.1. The molecule has 1 heterocycles. The van der Waals surface area contributed by atoms with Crippen LogP contribution in [0.15, 0.2) is 30.3 Å². The molecule has 0 amide bonds. The van der Waals surface area contributed by atoms with Crippen LogP contribution in [0.2, 0.25) is 0 Å². The molecule has 0 atom stereocenters. The molecule has 0 unspecified atom stereocenters. The highest BCUT2D eigenvalue weighted by molar-refractivity contribution is 7.71. The van der Waals surface area contributed by atoms with E-state index in [2.05, 4.69) is 40.3 Å². The van der Waals surface area contributed by atoms with Crippen LogP contribution in [-0.4, -0.2) is 9.97 Å². The number of nitrogens with zero attached hydrogens (tertiary/aromatic N) is 1. The molecule has 108 valence electrons. The summed E-state index contributed by atoms with van der Waals surface area (Å²) >= 11 is 5.41. The van der Waals surface area contributed by atoms with Crippen molar-refractivity contribution in [3.05, 3.63) is 57.6 Å². The smallest absolute Gasteiger partial charge is 0.130 e. The molecule has 21 heavy (non-hydrogen) atoms. The molecule has 1 saturated carbocycles. The highest BCUT2D eigenvalue weighted by atomic mass is 32.1. The maximum atomic E-state index is 5.41. The van der Waals surface area contributed by atoms with Crippen molar-refractivity contribution in [2.24, 2.45) is 0 Å². The topological polar surface area (TPSA) is 28.7 Å². The first-order chi connectivity index (χ1) is 10.3. The number of rotatable bonds is 2. The van der Waals surface area contributed by atoms with Gasteiger partial charge in [0.05, 0.1) is 0 Å². The van der Waals surface area contributed by atoms with Crippen molar-refractivity contribution in [1.29, 1.82) is 0 Å². The SMILES string of the molecule is S=c1cc(C2CCCC2)[nH]c(C2Cc3ccccc3C2)n1. The molecule has 4 rings (SSSR count). The van der Waals surface area contributed by atoms with Crippen LogP contribution >= 0.6 is 12.2 Å². The van der Waals surface area contributed by atoms with Gasteiger partial charge in [-0.2, -0.15) is 0 Å². The molecule has 3 heteroatoms. The summed E-state index contributed by atoms with van der Waals surface area (Å²) in [6.07, 6.45) is 7.44. The number of aromatic amines is 1. The number of H-pyrrole nitrogens is 1. The number of fused-ring (bicyclic) bond motifs is 1. The van der Waals surface area contributed by atoms with E-state index in [-0.39, 0.29) is 0 Å². The molecule has 2 aromatic rings. The van der Waals surface area contributed by atoms with E-state index < -0.39 is 0 Å². The van der Waals surface area contributed by atoms with Crippen LogP contribution in [0, 0.1) is 4.64 Å². The van der Waals surface area contributed by atoms with Crippen molar-refractivity contribution < 1.29 is 0 Å². The molecule has 2 aliphatic rings. The highest BCUT2D eigenvalue weighted by Crippen LogP contribution is 2.35. The molecular weight excluding hydrogens is 276 g/mol. The molecule has 0 spiro atoms. The van der Waals surface area contributed by atoms with Gasteiger partial charge in [-0.15, -0.1) is 0 Å². The van der Waals surface area contributed by atoms with Crippen molar-refractivity contribution in [2.45, 2.75) is 50.4 Å². The molecule has 1 fully saturated rings. The summed E-state index contributed by atoms with van der Waals surface area (Å²) < 4.78 is 0.751. The third kappa shape index (κ3) is 2.55. The van der Waals surface area contributed by atoms with Gasteiger partial charge in [-0.1, -0.05) is 49.3 Å². The fourth-order valence-corrected chi connectivity index (χ4v) is 4.12. The van der Waals surface area contributed by atoms with Crippen LogP contribution < -0.4 is 0 Å². The largest absolute Gasteiger partial charge is 0.347 e. The Labute approximate surface area is 130 Å². The van der Waals surface area contributed by atoms with Crippen LogP contribution in [0.4, 0.5) is 0 Å². The van der Waals surface area contributed by atoms with Crippen LogP contribution in [0.1, 0.15) is 60.2 Å². The van der Waals surface area contributed by atoms with Gasteiger partial charge in [-0.25, -0.2) is 4.98 Å². The van der Waals surface area contributed by atoms with Gasteiger partial charge in [0.2, 0.25) is 0 Å². The predicted molar refractivity (Wildman–Crippen MR) is 87.2 cm³/mol. The summed E-state index contributed by atoms with van der Waals surface area (Å²) in [5, 5.41) is 0. The molecule has 0 bridgehead atoms. The lowest BCUT2D eigenvalue weighted by atomic mass is 10.0. The molecule has 1 aromatic heterocycles. The van der Waals surface area contributed by atoms with Crippen LogP contribution in [0.3, 0.4) is 0 Å². The van der Waals surface area contributed by atoms with Crippen molar-refractivity contribution in [3.63, 3.8) is 0 Å². The van der Waals surface area contributed by atoms with E-state index in [0.29, 0.717) is 11.8 Å². The average Bonchev–Trinajstić information content (AvgIpc) is 3.16. The van der Waals surface area contributed by atoms with E-state index in [0.717, 1.165) is 23.3 Å². The number of nitrogens with one attached hydrogen (secondary N) is 1. The second-order valence-electron chi connectivity index (χ2n) is 6.42. The summed E-state index contributed by atoms with van der Waals surface area (Å²) in [6.45, 7) is 0. The first-order valence-electron chi connectivity index (χ1n) is 7.97. The lowest BCUT2D eigenvalue weighted by Gasteiger charge is -2.14. The molecule has 1 aromatic carbocycles. The molecule has 0 aliphatic heterocycles.